The topological polar surface area (TPSA) is 20.2 Å². The molecule has 1 aliphatic rings. The third-order valence-electron chi connectivity index (χ3n) is 1.07. The first-order valence-corrected chi connectivity index (χ1v) is 2.96. The van der Waals surface area contributed by atoms with Gasteiger partial charge in [-0.2, -0.15) is 0 Å². The minimum absolute atomic E-state index is 0.135. The highest BCUT2D eigenvalue weighted by atomic mass is 35.5. The quantitative estimate of drug-likeness (QED) is 0.549. The predicted molar refractivity (Wildman–Crippen MR) is 29.4 cm³/mol. The fourth-order valence-corrected chi connectivity index (χ4v) is 0.867. The normalized spacial score (nSPS) is 22.7. The summed E-state index contributed by atoms with van der Waals surface area (Å²) in [6.07, 6.45) is 1.92. The van der Waals surface area contributed by atoms with Crippen LogP contribution >= 0.6 is 23.2 Å². The predicted octanol–water partition coefficient (Wildman–Crippen LogP) is 1.52. The molecule has 0 saturated heterocycles. The van der Waals surface area contributed by atoms with Crippen molar-refractivity contribution in [1.82, 2.24) is 0 Å². The van der Waals surface area contributed by atoms with Crippen molar-refractivity contribution >= 4 is 23.2 Å². The first-order chi connectivity index (χ1) is 3.11. The van der Waals surface area contributed by atoms with E-state index in [0.29, 0.717) is 0 Å². The maximum atomic E-state index is 8.69. The van der Waals surface area contributed by atoms with Crippen LogP contribution in [0.3, 0.4) is 0 Å². The van der Waals surface area contributed by atoms with E-state index >= 15 is 0 Å². The summed E-state index contributed by atoms with van der Waals surface area (Å²) in [6.45, 7) is 0. The van der Waals surface area contributed by atoms with Crippen LogP contribution < -0.4 is 0 Å². The lowest BCUT2D eigenvalue weighted by Crippen LogP contribution is -2.12. The Labute approximate surface area is 52.2 Å². The maximum absolute atomic E-state index is 8.69. The fourth-order valence-electron chi connectivity index (χ4n) is 0.431. The van der Waals surface area contributed by atoms with E-state index in [2.05, 4.69) is 0 Å². The molecule has 0 spiro atoms. The van der Waals surface area contributed by atoms with Crippen LogP contribution in [0.2, 0.25) is 0 Å². The summed E-state index contributed by atoms with van der Waals surface area (Å²) in [5.41, 5.74) is 0. The monoisotopic (exact) mass is 140 g/mol. The van der Waals surface area contributed by atoms with E-state index < -0.39 is 4.52 Å². The van der Waals surface area contributed by atoms with Crippen LogP contribution in [-0.4, -0.2) is 9.63 Å². The van der Waals surface area contributed by atoms with Gasteiger partial charge in [0, 0.05) is 5.92 Å². The van der Waals surface area contributed by atoms with Crippen molar-refractivity contribution < 1.29 is 5.11 Å². The molecule has 1 fully saturated rings. The highest BCUT2D eigenvalue weighted by Gasteiger charge is 2.40. The van der Waals surface area contributed by atoms with Crippen molar-refractivity contribution in [2.45, 2.75) is 17.4 Å². The molecule has 1 saturated carbocycles. The molecule has 3 heteroatoms. The van der Waals surface area contributed by atoms with Crippen molar-refractivity contribution in [3.63, 3.8) is 0 Å². The third kappa shape index (κ3) is 1.48. The van der Waals surface area contributed by atoms with Crippen LogP contribution in [0, 0.1) is 5.92 Å². The van der Waals surface area contributed by atoms with Gasteiger partial charge in [0.2, 0.25) is 4.52 Å². The molecule has 0 aromatic rings. The zero-order chi connectivity index (χ0) is 5.49. The van der Waals surface area contributed by atoms with Gasteiger partial charge in [-0.3, -0.25) is 0 Å². The van der Waals surface area contributed by atoms with Crippen LogP contribution in [0.1, 0.15) is 12.8 Å². The van der Waals surface area contributed by atoms with Gasteiger partial charge in [-0.25, -0.2) is 0 Å². The molecule has 7 heavy (non-hydrogen) atoms. The smallest absolute Gasteiger partial charge is 0.217 e. The molecule has 0 radical (unpaired) electrons. The molecule has 0 heterocycles. The molecule has 1 rings (SSSR count). The Kier molecular flexibility index (Phi) is 1.22. The molecule has 0 bridgehead atoms. The van der Waals surface area contributed by atoms with Crippen molar-refractivity contribution in [3.8, 4) is 0 Å². The Morgan fingerprint density at radius 3 is 1.86 bits per heavy atom. The standard InChI is InChI=1S/C4H6Cl2O/c5-4(6,7)3-1-2-3/h3,7H,1-2H2. The first kappa shape index (κ1) is 5.67. The number of rotatable bonds is 1. The second-order valence-electron chi connectivity index (χ2n) is 1.86. The molecule has 0 atom stereocenters. The number of hydrogen-bond donors (Lipinski definition) is 1. The van der Waals surface area contributed by atoms with Gasteiger partial charge in [-0.1, -0.05) is 23.2 Å². The molecule has 0 unspecified atom stereocenters. The molecule has 0 aliphatic heterocycles. The summed E-state index contributed by atoms with van der Waals surface area (Å²) in [6, 6.07) is 0. The van der Waals surface area contributed by atoms with E-state index in [1.807, 2.05) is 0 Å². The summed E-state index contributed by atoms with van der Waals surface area (Å²) in [5, 5.41) is 8.69. The van der Waals surface area contributed by atoms with Crippen molar-refractivity contribution in [2.75, 3.05) is 0 Å². The van der Waals surface area contributed by atoms with Crippen molar-refractivity contribution in [3.05, 3.63) is 0 Å². The van der Waals surface area contributed by atoms with Crippen LogP contribution in [0.4, 0.5) is 0 Å². The molecular formula is C4H6Cl2O. The molecule has 0 aromatic heterocycles. The second kappa shape index (κ2) is 1.51. The number of alkyl halides is 2. The zero-order valence-electron chi connectivity index (χ0n) is 3.69. The van der Waals surface area contributed by atoms with Crippen LogP contribution in [0.5, 0.6) is 0 Å². The summed E-state index contributed by atoms with van der Waals surface area (Å²) >= 11 is 10.5. The van der Waals surface area contributed by atoms with Gasteiger partial charge in [0.1, 0.15) is 0 Å². The van der Waals surface area contributed by atoms with Crippen LogP contribution in [0.15, 0.2) is 0 Å². The van der Waals surface area contributed by atoms with E-state index in [1.54, 1.807) is 0 Å². The Balaban J connectivity index is 2.36. The van der Waals surface area contributed by atoms with Crippen LogP contribution in [0.25, 0.3) is 0 Å². The lowest BCUT2D eigenvalue weighted by molar-refractivity contribution is 0.191. The maximum Gasteiger partial charge on any atom is 0.217 e. The van der Waals surface area contributed by atoms with Crippen LogP contribution in [-0.2, 0) is 0 Å². The molecule has 0 aromatic carbocycles. The lowest BCUT2D eigenvalue weighted by atomic mass is 10.5. The largest absolute Gasteiger partial charge is 0.362 e. The Bertz CT molecular complexity index is 72.2. The number of halogens is 2. The Morgan fingerprint density at radius 1 is 1.43 bits per heavy atom. The zero-order valence-corrected chi connectivity index (χ0v) is 5.21. The fraction of sp³-hybridized carbons (Fsp3) is 1.00. The molecule has 1 N–H and O–H groups in total. The van der Waals surface area contributed by atoms with E-state index in [4.69, 9.17) is 28.3 Å². The van der Waals surface area contributed by atoms with Gasteiger partial charge in [0.25, 0.3) is 0 Å². The van der Waals surface area contributed by atoms with Gasteiger partial charge in [-0.05, 0) is 12.8 Å². The van der Waals surface area contributed by atoms with Gasteiger partial charge in [0.05, 0.1) is 0 Å². The van der Waals surface area contributed by atoms with Crippen molar-refractivity contribution in [1.29, 1.82) is 0 Å². The van der Waals surface area contributed by atoms with Gasteiger partial charge in [-0.15, -0.1) is 0 Å². The minimum atomic E-state index is -1.44. The highest BCUT2D eigenvalue weighted by Crippen LogP contribution is 2.44. The van der Waals surface area contributed by atoms with Gasteiger partial charge < -0.3 is 5.11 Å². The summed E-state index contributed by atoms with van der Waals surface area (Å²) in [5.74, 6) is 0.135. The number of aliphatic hydroxyl groups is 1. The van der Waals surface area contributed by atoms with Gasteiger partial charge in [0.15, 0.2) is 0 Å². The van der Waals surface area contributed by atoms with E-state index in [1.165, 1.54) is 0 Å². The Morgan fingerprint density at radius 2 is 1.86 bits per heavy atom. The van der Waals surface area contributed by atoms with E-state index in [9.17, 15) is 0 Å². The Hall–Kier alpha value is 0.540. The average Bonchev–Trinajstić information content (AvgIpc) is 1.99. The van der Waals surface area contributed by atoms with E-state index in [-0.39, 0.29) is 5.92 Å². The minimum Gasteiger partial charge on any atom is -0.362 e. The summed E-state index contributed by atoms with van der Waals surface area (Å²) in [7, 11) is 0. The summed E-state index contributed by atoms with van der Waals surface area (Å²) < 4.78 is -1.44. The SMILES string of the molecule is OC(Cl)(Cl)C1CC1. The molecule has 1 aliphatic carbocycles. The highest BCUT2D eigenvalue weighted by molar-refractivity contribution is 6.47. The molecule has 1 nitrogen and oxygen atoms in total. The summed E-state index contributed by atoms with van der Waals surface area (Å²) in [4.78, 5) is 0. The average molecular weight is 141 g/mol. The second-order valence-corrected chi connectivity index (χ2v) is 3.21. The first-order valence-electron chi connectivity index (χ1n) is 2.21. The third-order valence-corrected chi connectivity index (χ3v) is 1.69. The van der Waals surface area contributed by atoms with E-state index in [0.717, 1.165) is 12.8 Å². The van der Waals surface area contributed by atoms with Crippen molar-refractivity contribution in [2.24, 2.45) is 5.92 Å². The molecule has 42 valence electrons. The number of hydrogen-bond acceptors (Lipinski definition) is 1. The molecule has 0 amide bonds. The van der Waals surface area contributed by atoms with Gasteiger partial charge >= 0.3 is 0 Å². The molecular weight excluding hydrogens is 135 g/mol. The lowest BCUT2D eigenvalue weighted by Gasteiger charge is -2.07.